The first-order valence-corrected chi connectivity index (χ1v) is 6.92. The molecule has 0 atom stereocenters. The highest BCUT2D eigenvalue weighted by Crippen LogP contribution is 2.15. The Balaban J connectivity index is 1.87. The molecule has 4 nitrogen and oxygen atoms in total. The van der Waals surface area contributed by atoms with E-state index in [1.165, 1.54) is 12.1 Å². The summed E-state index contributed by atoms with van der Waals surface area (Å²) in [5.74, 6) is -1.91. The van der Waals surface area contributed by atoms with Gasteiger partial charge in [0.1, 0.15) is 5.75 Å². The van der Waals surface area contributed by atoms with Crippen LogP contribution >= 0.6 is 0 Å². The topological polar surface area (TPSA) is 50.7 Å². The maximum absolute atomic E-state index is 13.4. The number of nitrogens with zero attached hydrogens (tertiary/aromatic N) is 1. The first-order chi connectivity index (χ1) is 11.0. The molecule has 0 aliphatic heterocycles. The van der Waals surface area contributed by atoms with Crippen molar-refractivity contribution >= 4 is 12.1 Å². The molecular formula is C17H16F2N2O2. The first kappa shape index (κ1) is 16.6. The summed E-state index contributed by atoms with van der Waals surface area (Å²) in [6.07, 6.45) is 1.03. The van der Waals surface area contributed by atoms with Crippen molar-refractivity contribution in [3.63, 3.8) is 0 Å². The molecule has 0 fully saturated rings. The van der Waals surface area contributed by atoms with Gasteiger partial charge in [-0.25, -0.2) is 14.2 Å². The molecule has 2 aromatic rings. The largest absolute Gasteiger partial charge is 0.484 e. The number of aryl methyl sites for hydroxylation is 2. The van der Waals surface area contributed by atoms with E-state index in [-0.39, 0.29) is 12.2 Å². The van der Waals surface area contributed by atoms with Gasteiger partial charge in [0.15, 0.2) is 18.2 Å². The number of carbonyl (C=O) groups excluding carboxylic acids is 1. The van der Waals surface area contributed by atoms with E-state index in [4.69, 9.17) is 4.74 Å². The van der Waals surface area contributed by atoms with Gasteiger partial charge in [0, 0.05) is 5.56 Å². The van der Waals surface area contributed by atoms with Crippen molar-refractivity contribution in [2.24, 2.45) is 5.10 Å². The number of carbonyl (C=O) groups is 1. The number of benzene rings is 2. The highest BCUT2D eigenvalue weighted by Gasteiger charge is 2.06. The van der Waals surface area contributed by atoms with Crippen molar-refractivity contribution in [3.05, 3.63) is 64.7 Å². The van der Waals surface area contributed by atoms with Crippen LogP contribution in [0.15, 0.2) is 41.5 Å². The molecule has 0 aromatic heterocycles. The van der Waals surface area contributed by atoms with Gasteiger partial charge in [-0.05, 0) is 43.2 Å². The Hall–Kier alpha value is -2.76. The predicted molar refractivity (Wildman–Crippen MR) is 83.5 cm³/mol. The highest BCUT2D eigenvalue weighted by molar-refractivity contribution is 5.83. The quantitative estimate of drug-likeness (QED) is 0.680. The van der Waals surface area contributed by atoms with E-state index in [2.05, 4.69) is 10.5 Å². The van der Waals surface area contributed by atoms with E-state index in [1.807, 2.05) is 32.0 Å². The Morgan fingerprint density at radius 3 is 2.61 bits per heavy atom. The molecule has 0 radical (unpaired) electrons. The third-order valence-corrected chi connectivity index (χ3v) is 2.94. The van der Waals surface area contributed by atoms with Gasteiger partial charge in [0.2, 0.25) is 0 Å². The fourth-order valence-electron chi connectivity index (χ4n) is 1.99. The van der Waals surface area contributed by atoms with Crippen molar-refractivity contribution in [2.45, 2.75) is 13.8 Å². The average molecular weight is 318 g/mol. The number of hydrazone groups is 1. The second kappa shape index (κ2) is 7.49. The van der Waals surface area contributed by atoms with Crippen LogP contribution in [0.25, 0.3) is 0 Å². The van der Waals surface area contributed by atoms with Gasteiger partial charge in [0.05, 0.1) is 6.21 Å². The molecular weight excluding hydrogens is 302 g/mol. The van der Waals surface area contributed by atoms with Gasteiger partial charge < -0.3 is 4.74 Å². The maximum Gasteiger partial charge on any atom is 0.277 e. The van der Waals surface area contributed by atoms with Crippen LogP contribution in [-0.2, 0) is 4.79 Å². The molecule has 6 heteroatoms. The van der Waals surface area contributed by atoms with E-state index in [1.54, 1.807) is 0 Å². The molecule has 0 spiro atoms. The van der Waals surface area contributed by atoms with E-state index < -0.39 is 17.5 Å². The molecule has 0 aliphatic carbocycles. The molecule has 0 unspecified atom stereocenters. The van der Waals surface area contributed by atoms with E-state index in [9.17, 15) is 13.6 Å². The van der Waals surface area contributed by atoms with Gasteiger partial charge in [-0.15, -0.1) is 0 Å². The lowest BCUT2D eigenvalue weighted by Gasteiger charge is -2.07. The number of nitrogens with one attached hydrogen (secondary N) is 1. The number of halogens is 2. The van der Waals surface area contributed by atoms with Crippen LogP contribution in [0.3, 0.4) is 0 Å². The molecule has 0 saturated carbocycles. The third-order valence-electron chi connectivity index (χ3n) is 2.94. The van der Waals surface area contributed by atoms with E-state index >= 15 is 0 Å². The predicted octanol–water partition coefficient (Wildman–Crippen LogP) is 3.11. The Kier molecular flexibility index (Phi) is 5.41. The lowest BCUT2D eigenvalue weighted by Crippen LogP contribution is -2.24. The van der Waals surface area contributed by atoms with Crippen LogP contribution in [0, 0.1) is 25.5 Å². The standard InChI is InChI=1S/C17H16F2N2O2/c1-11-6-12(2)8-14(7-11)23-10-16(22)21-20-9-13-4-3-5-15(18)17(13)19/h3-9H,10H2,1-2H3,(H,21,22). The summed E-state index contributed by atoms with van der Waals surface area (Å²) in [6.45, 7) is 3.63. The zero-order valence-corrected chi connectivity index (χ0v) is 12.8. The fourth-order valence-corrected chi connectivity index (χ4v) is 1.99. The smallest absolute Gasteiger partial charge is 0.277 e. The van der Waals surface area contributed by atoms with Gasteiger partial charge in [-0.2, -0.15) is 5.10 Å². The molecule has 0 saturated heterocycles. The van der Waals surface area contributed by atoms with Crippen LogP contribution < -0.4 is 10.2 Å². The minimum atomic E-state index is -1.02. The zero-order valence-electron chi connectivity index (χ0n) is 12.8. The zero-order chi connectivity index (χ0) is 16.8. The summed E-state index contributed by atoms with van der Waals surface area (Å²) in [5, 5.41) is 3.58. The first-order valence-electron chi connectivity index (χ1n) is 6.92. The van der Waals surface area contributed by atoms with Gasteiger partial charge in [-0.1, -0.05) is 18.2 Å². The molecule has 0 bridgehead atoms. The molecule has 120 valence electrons. The van der Waals surface area contributed by atoms with Crippen molar-refractivity contribution < 1.29 is 18.3 Å². The second-order valence-corrected chi connectivity index (χ2v) is 5.05. The summed E-state index contributed by atoms with van der Waals surface area (Å²) >= 11 is 0. The van der Waals surface area contributed by atoms with Crippen molar-refractivity contribution in [1.29, 1.82) is 0 Å². The molecule has 2 rings (SSSR count). The van der Waals surface area contributed by atoms with Gasteiger partial charge >= 0.3 is 0 Å². The summed E-state index contributed by atoms with van der Waals surface area (Å²) in [7, 11) is 0. The Labute approximate surface area is 132 Å². The lowest BCUT2D eigenvalue weighted by molar-refractivity contribution is -0.123. The number of hydrogen-bond donors (Lipinski definition) is 1. The monoisotopic (exact) mass is 318 g/mol. The number of ether oxygens (including phenoxy) is 1. The van der Waals surface area contributed by atoms with E-state index in [0.717, 1.165) is 23.4 Å². The maximum atomic E-state index is 13.4. The molecule has 1 amide bonds. The fraction of sp³-hybridized carbons (Fsp3) is 0.176. The average Bonchev–Trinajstić information content (AvgIpc) is 2.48. The number of rotatable bonds is 5. The van der Waals surface area contributed by atoms with Crippen LogP contribution in [0.5, 0.6) is 5.75 Å². The highest BCUT2D eigenvalue weighted by atomic mass is 19.2. The lowest BCUT2D eigenvalue weighted by atomic mass is 10.1. The van der Waals surface area contributed by atoms with Gasteiger partial charge in [0.25, 0.3) is 5.91 Å². The van der Waals surface area contributed by atoms with Crippen molar-refractivity contribution in [3.8, 4) is 5.75 Å². The van der Waals surface area contributed by atoms with Crippen molar-refractivity contribution in [1.82, 2.24) is 5.43 Å². The second-order valence-electron chi connectivity index (χ2n) is 5.05. The summed E-state index contributed by atoms with van der Waals surface area (Å²) in [6, 6.07) is 9.32. The minimum Gasteiger partial charge on any atom is -0.484 e. The number of amides is 1. The molecule has 23 heavy (non-hydrogen) atoms. The summed E-state index contributed by atoms with van der Waals surface area (Å²) < 4.78 is 31.7. The van der Waals surface area contributed by atoms with Crippen LogP contribution in [-0.4, -0.2) is 18.7 Å². The van der Waals surface area contributed by atoms with Gasteiger partial charge in [-0.3, -0.25) is 4.79 Å². The Bertz CT molecular complexity index is 725. The SMILES string of the molecule is Cc1cc(C)cc(OCC(=O)NN=Cc2cccc(F)c2F)c1. The molecule has 0 aliphatic rings. The van der Waals surface area contributed by atoms with Crippen LogP contribution in [0.4, 0.5) is 8.78 Å². The summed E-state index contributed by atoms with van der Waals surface area (Å²) in [4.78, 5) is 11.6. The third kappa shape index (κ3) is 4.88. The van der Waals surface area contributed by atoms with Crippen LogP contribution in [0.2, 0.25) is 0 Å². The van der Waals surface area contributed by atoms with Crippen molar-refractivity contribution in [2.75, 3.05) is 6.61 Å². The normalized spacial score (nSPS) is 10.8. The Morgan fingerprint density at radius 2 is 1.91 bits per heavy atom. The Morgan fingerprint density at radius 1 is 1.22 bits per heavy atom. The number of hydrogen-bond acceptors (Lipinski definition) is 3. The summed E-state index contributed by atoms with van der Waals surface area (Å²) in [5.41, 5.74) is 4.19. The van der Waals surface area contributed by atoms with E-state index in [0.29, 0.717) is 5.75 Å². The minimum absolute atomic E-state index is 0.0551. The van der Waals surface area contributed by atoms with Crippen LogP contribution in [0.1, 0.15) is 16.7 Å². The molecule has 0 heterocycles. The molecule has 2 aromatic carbocycles. The molecule has 1 N–H and O–H groups in total.